The first-order valence-electron chi connectivity index (χ1n) is 5.77. The number of methoxy groups -OCH3 is 1. The smallest absolute Gasteiger partial charge is 0.347 e. The van der Waals surface area contributed by atoms with Crippen LogP contribution in [0.5, 0.6) is 17.2 Å². The number of ether oxygens (including phenoxy) is 2. The minimum Gasteiger partial charge on any atom is -0.504 e. The van der Waals surface area contributed by atoms with Gasteiger partial charge in [0.15, 0.2) is 11.5 Å². The minimum absolute atomic E-state index is 0.0719. The van der Waals surface area contributed by atoms with Crippen LogP contribution >= 0.6 is 0 Å². The average molecular weight is 258 g/mol. The van der Waals surface area contributed by atoms with Gasteiger partial charge in [-0.2, -0.15) is 0 Å². The number of rotatable bonds is 3. The third kappa shape index (κ3) is 2.68. The second kappa shape index (κ2) is 5.44. The van der Waals surface area contributed by atoms with Gasteiger partial charge in [0, 0.05) is 0 Å². The highest BCUT2D eigenvalue weighted by Gasteiger charge is 2.17. The second-order valence-electron chi connectivity index (χ2n) is 4.01. The zero-order valence-corrected chi connectivity index (χ0v) is 10.7. The van der Waals surface area contributed by atoms with Crippen molar-refractivity contribution >= 4 is 5.97 Å². The zero-order chi connectivity index (χ0) is 13.8. The van der Waals surface area contributed by atoms with Crippen LogP contribution in [0, 0.1) is 6.92 Å². The van der Waals surface area contributed by atoms with Gasteiger partial charge in [0.1, 0.15) is 11.3 Å². The summed E-state index contributed by atoms with van der Waals surface area (Å²) in [5.41, 5.74) is 0.917. The van der Waals surface area contributed by atoms with E-state index in [1.807, 2.05) is 19.1 Å². The molecule has 0 heterocycles. The molecule has 0 aliphatic carbocycles. The number of hydrogen-bond donors (Lipinski definition) is 1. The van der Waals surface area contributed by atoms with Crippen molar-refractivity contribution in [2.24, 2.45) is 0 Å². The average Bonchev–Trinajstić information content (AvgIpc) is 2.41. The van der Waals surface area contributed by atoms with Crippen molar-refractivity contribution in [1.82, 2.24) is 0 Å². The Bertz CT molecular complexity index is 605. The molecule has 2 aromatic carbocycles. The lowest BCUT2D eigenvalue weighted by Crippen LogP contribution is -2.09. The Hall–Kier alpha value is -2.49. The molecule has 2 rings (SSSR count). The van der Waals surface area contributed by atoms with Crippen molar-refractivity contribution in [3.8, 4) is 17.2 Å². The van der Waals surface area contributed by atoms with Crippen molar-refractivity contribution in [1.29, 1.82) is 0 Å². The summed E-state index contributed by atoms with van der Waals surface area (Å²) in [6, 6.07) is 11.8. The van der Waals surface area contributed by atoms with Gasteiger partial charge in [0.05, 0.1) is 7.11 Å². The van der Waals surface area contributed by atoms with Crippen LogP contribution in [0.1, 0.15) is 15.9 Å². The number of carbonyl (C=O) groups excluding carboxylic acids is 1. The maximum absolute atomic E-state index is 12.0. The van der Waals surface area contributed by atoms with E-state index in [0.717, 1.165) is 5.56 Å². The molecule has 98 valence electrons. The van der Waals surface area contributed by atoms with Crippen molar-refractivity contribution < 1.29 is 19.4 Å². The molecule has 2 aromatic rings. The Kier molecular flexibility index (Phi) is 3.71. The lowest BCUT2D eigenvalue weighted by atomic mass is 10.2. The van der Waals surface area contributed by atoms with Crippen molar-refractivity contribution in [2.45, 2.75) is 6.92 Å². The summed E-state index contributed by atoms with van der Waals surface area (Å²) in [6.45, 7) is 1.84. The standard InChI is InChI=1S/C15H14O4/c1-10-6-3-4-8-12(10)19-15(17)11-7-5-9-13(18-2)14(11)16/h3-9,16H,1-2H3. The molecule has 0 radical (unpaired) electrons. The summed E-state index contributed by atoms with van der Waals surface area (Å²) in [4.78, 5) is 12.0. The van der Waals surface area contributed by atoms with Crippen LogP contribution in [-0.2, 0) is 0 Å². The van der Waals surface area contributed by atoms with Gasteiger partial charge in [-0.1, -0.05) is 24.3 Å². The van der Waals surface area contributed by atoms with Crippen molar-refractivity contribution in [2.75, 3.05) is 7.11 Å². The summed E-state index contributed by atoms with van der Waals surface area (Å²) in [5, 5.41) is 9.88. The molecule has 0 atom stereocenters. The van der Waals surface area contributed by atoms with E-state index in [1.165, 1.54) is 13.2 Å². The van der Waals surface area contributed by atoms with Crippen LogP contribution in [-0.4, -0.2) is 18.2 Å². The fraction of sp³-hybridized carbons (Fsp3) is 0.133. The number of carbonyl (C=O) groups is 1. The molecule has 0 unspecified atom stereocenters. The fourth-order valence-electron chi connectivity index (χ4n) is 1.68. The normalized spacial score (nSPS) is 10.0. The van der Waals surface area contributed by atoms with Gasteiger partial charge in [-0.05, 0) is 30.7 Å². The first kappa shape index (κ1) is 13.0. The van der Waals surface area contributed by atoms with E-state index in [4.69, 9.17) is 9.47 Å². The molecule has 0 aliphatic heterocycles. The van der Waals surface area contributed by atoms with E-state index in [2.05, 4.69) is 0 Å². The summed E-state index contributed by atoms with van der Waals surface area (Å²) in [5.74, 6) is -0.136. The van der Waals surface area contributed by atoms with Gasteiger partial charge in [-0.25, -0.2) is 4.79 Å². The van der Waals surface area contributed by atoms with E-state index >= 15 is 0 Å². The highest BCUT2D eigenvalue weighted by Crippen LogP contribution is 2.30. The fourth-order valence-corrected chi connectivity index (χ4v) is 1.68. The largest absolute Gasteiger partial charge is 0.504 e. The number of benzene rings is 2. The first-order chi connectivity index (χ1) is 9.13. The van der Waals surface area contributed by atoms with Crippen LogP contribution < -0.4 is 9.47 Å². The van der Waals surface area contributed by atoms with E-state index < -0.39 is 5.97 Å². The van der Waals surface area contributed by atoms with Gasteiger partial charge in [0.2, 0.25) is 0 Å². The van der Waals surface area contributed by atoms with Gasteiger partial charge >= 0.3 is 5.97 Å². The number of phenolic OH excluding ortho intramolecular Hbond substituents is 1. The number of para-hydroxylation sites is 2. The highest BCUT2D eigenvalue weighted by molar-refractivity contribution is 5.94. The Labute approximate surface area is 111 Å². The summed E-state index contributed by atoms with van der Waals surface area (Å²) in [6.07, 6.45) is 0. The molecule has 0 bridgehead atoms. The van der Waals surface area contributed by atoms with E-state index in [0.29, 0.717) is 5.75 Å². The predicted octanol–water partition coefficient (Wildman–Crippen LogP) is 2.93. The van der Waals surface area contributed by atoms with Crippen LogP contribution in [0.4, 0.5) is 0 Å². The monoisotopic (exact) mass is 258 g/mol. The number of phenols is 1. The topological polar surface area (TPSA) is 55.8 Å². The molecule has 4 nitrogen and oxygen atoms in total. The number of esters is 1. The molecule has 0 saturated carbocycles. The molecule has 0 aromatic heterocycles. The molecule has 0 aliphatic rings. The van der Waals surface area contributed by atoms with Gasteiger partial charge in [0.25, 0.3) is 0 Å². The third-order valence-corrected chi connectivity index (χ3v) is 2.74. The van der Waals surface area contributed by atoms with E-state index in [1.54, 1.807) is 24.3 Å². The molecular weight excluding hydrogens is 244 g/mol. The molecule has 0 spiro atoms. The zero-order valence-electron chi connectivity index (χ0n) is 10.7. The van der Waals surface area contributed by atoms with Crippen molar-refractivity contribution in [3.05, 3.63) is 53.6 Å². The van der Waals surface area contributed by atoms with Crippen LogP contribution in [0.2, 0.25) is 0 Å². The number of aryl methyl sites for hydroxylation is 1. The maximum Gasteiger partial charge on any atom is 0.347 e. The Morgan fingerprint density at radius 1 is 1.05 bits per heavy atom. The van der Waals surface area contributed by atoms with Gasteiger partial charge in [-0.3, -0.25) is 0 Å². The number of aromatic hydroxyl groups is 1. The molecule has 19 heavy (non-hydrogen) atoms. The second-order valence-corrected chi connectivity index (χ2v) is 4.01. The third-order valence-electron chi connectivity index (χ3n) is 2.74. The minimum atomic E-state index is -0.620. The highest BCUT2D eigenvalue weighted by atomic mass is 16.5. The quantitative estimate of drug-likeness (QED) is 0.679. The van der Waals surface area contributed by atoms with Crippen molar-refractivity contribution in [3.63, 3.8) is 0 Å². The predicted molar refractivity (Wildman–Crippen MR) is 70.8 cm³/mol. The Morgan fingerprint density at radius 3 is 2.42 bits per heavy atom. The molecular formula is C15H14O4. The lowest BCUT2D eigenvalue weighted by Gasteiger charge is -2.09. The number of hydrogen-bond acceptors (Lipinski definition) is 4. The summed E-state index contributed by atoms with van der Waals surface area (Å²) in [7, 11) is 1.42. The van der Waals surface area contributed by atoms with Crippen LogP contribution in [0.3, 0.4) is 0 Å². The summed E-state index contributed by atoms with van der Waals surface area (Å²) < 4.78 is 10.2. The molecule has 4 heteroatoms. The lowest BCUT2D eigenvalue weighted by molar-refractivity contribution is 0.0730. The SMILES string of the molecule is COc1cccc(C(=O)Oc2ccccc2C)c1O. The maximum atomic E-state index is 12.0. The Balaban J connectivity index is 2.28. The van der Waals surface area contributed by atoms with Crippen LogP contribution in [0.25, 0.3) is 0 Å². The van der Waals surface area contributed by atoms with E-state index in [9.17, 15) is 9.90 Å². The summed E-state index contributed by atoms with van der Waals surface area (Å²) >= 11 is 0. The van der Waals surface area contributed by atoms with Crippen LogP contribution in [0.15, 0.2) is 42.5 Å². The first-order valence-corrected chi connectivity index (χ1v) is 5.77. The van der Waals surface area contributed by atoms with E-state index in [-0.39, 0.29) is 17.1 Å². The molecule has 1 N–H and O–H groups in total. The van der Waals surface area contributed by atoms with Gasteiger partial charge < -0.3 is 14.6 Å². The van der Waals surface area contributed by atoms with Gasteiger partial charge in [-0.15, -0.1) is 0 Å². The molecule has 0 fully saturated rings. The Morgan fingerprint density at radius 2 is 1.74 bits per heavy atom. The molecule has 0 amide bonds. The molecule has 0 saturated heterocycles.